The standard InChI is InChI=1S/C15H22O/c1-2-3-4-5-6-10-13-16-14-15-11-8-7-9-12-15/h7-13H,2-6,14H2,1H3. The maximum absolute atomic E-state index is 5.45. The van der Waals surface area contributed by atoms with Gasteiger partial charge in [0.1, 0.15) is 6.61 Å². The third-order valence-corrected chi connectivity index (χ3v) is 2.51. The Balaban J connectivity index is 2.00. The van der Waals surface area contributed by atoms with E-state index in [4.69, 9.17) is 4.74 Å². The maximum Gasteiger partial charge on any atom is 0.112 e. The number of unbranched alkanes of at least 4 members (excludes halogenated alkanes) is 4. The Bertz CT molecular complexity index is 277. The first-order chi connectivity index (χ1) is 7.93. The molecule has 88 valence electrons. The molecule has 1 rings (SSSR count). The van der Waals surface area contributed by atoms with Gasteiger partial charge < -0.3 is 4.74 Å². The molecule has 0 aliphatic carbocycles. The number of ether oxygens (including phenoxy) is 1. The van der Waals surface area contributed by atoms with Gasteiger partial charge in [-0.05, 0) is 24.5 Å². The van der Waals surface area contributed by atoms with Crippen LogP contribution in [0.2, 0.25) is 0 Å². The summed E-state index contributed by atoms with van der Waals surface area (Å²) in [5.41, 5.74) is 1.22. The van der Waals surface area contributed by atoms with Crippen molar-refractivity contribution in [2.75, 3.05) is 0 Å². The molecule has 0 radical (unpaired) electrons. The topological polar surface area (TPSA) is 9.23 Å². The molecule has 1 aromatic rings. The van der Waals surface area contributed by atoms with Gasteiger partial charge in [-0.3, -0.25) is 0 Å². The minimum Gasteiger partial charge on any atom is -0.497 e. The van der Waals surface area contributed by atoms with Gasteiger partial charge in [0.25, 0.3) is 0 Å². The molecule has 0 N–H and O–H groups in total. The smallest absolute Gasteiger partial charge is 0.112 e. The van der Waals surface area contributed by atoms with Crippen LogP contribution in [-0.2, 0) is 11.3 Å². The van der Waals surface area contributed by atoms with Crippen LogP contribution >= 0.6 is 0 Å². The molecule has 0 unspecified atom stereocenters. The lowest BCUT2D eigenvalue weighted by Gasteiger charge is -2.00. The molecule has 1 heteroatoms. The van der Waals surface area contributed by atoms with E-state index in [-0.39, 0.29) is 0 Å². The average molecular weight is 218 g/mol. The normalized spacial score (nSPS) is 10.8. The fourth-order valence-electron chi connectivity index (χ4n) is 1.54. The molecule has 0 aliphatic heterocycles. The van der Waals surface area contributed by atoms with Crippen LogP contribution in [0.5, 0.6) is 0 Å². The minimum atomic E-state index is 0.673. The molecule has 0 amide bonds. The van der Waals surface area contributed by atoms with E-state index in [1.54, 1.807) is 0 Å². The fraction of sp³-hybridized carbons (Fsp3) is 0.467. The van der Waals surface area contributed by atoms with Crippen molar-refractivity contribution >= 4 is 0 Å². The number of hydrogen-bond donors (Lipinski definition) is 0. The molecule has 0 aliphatic rings. The quantitative estimate of drug-likeness (QED) is 0.454. The predicted octanol–water partition coefficient (Wildman–Crippen LogP) is 4.69. The third kappa shape index (κ3) is 6.28. The zero-order valence-electron chi connectivity index (χ0n) is 10.2. The van der Waals surface area contributed by atoms with E-state index in [1.165, 1.54) is 31.2 Å². The van der Waals surface area contributed by atoms with E-state index < -0.39 is 0 Å². The highest BCUT2D eigenvalue weighted by molar-refractivity contribution is 5.13. The Labute approximate surface area is 99.1 Å². The lowest BCUT2D eigenvalue weighted by molar-refractivity contribution is 0.235. The molecular formula is C15H22O. The summed E-state index contributed by atoms with van der Waals surface area (Å²) in [7, 11) is 0. The Kier molecular flexibility index (Phi) is 7.23. The van der Waals surface area contributed by atoms with Gasteiger partial charge in [-0.2, -0.15) is 0 Å². The van der Waals surface area contributed by atoms with Crippen LogP contribution in [0.15, 0.2) is 42.7 Å². The summed E-state index contributed by atoms with van der Waals surface area (Å²) >= 11 is 0. The van der Waals surface area contributed by atoms with Crippen molar-refractivity contribution in [1.82, 2.24) is 0 Å². The van der Waals surface area contributed by atoms with Crippen LogP contribution in [0.25, 0.3) is 0 Å². The van der Waals surface area contributed by atoms with E-state index in [0.29, 0.717) is 6.61 Å². The van der Waals surface area contributed by atoms with Gasteiger partial charge in [0.05, 0.1) is 6.26 Å². The fourth-order valence-corrected chi connectivity index (χ4v) is 1.54. The second kappa shape index (κ2) is 9.02. The second-order valence-electron chi connectivity index (χ2n) is 4.02. The van der Waals surface area contributed by atoms with E-state index in [1.807, 2.05) is 24.5 Å². The first-order valence-corrected chi connectivity index (χ1v) is 6.24. The summed E-state index contributed by atoms with van der Waals surface area (Å²) in [4.78, 5) is 0. The van der Waals surface area contributed by atoms with Crippen molar-refractivity contribution in [2.45, 2.75) is 45.6 Å². The third-order valence-electron chi connectivity index (χ3n) is 2.51. The van der Waals surface area contributed by atoms with Crippen molar-refractivity contribution < 1.29 is 4.74 Å². The highest BCUT2D eigenvalue weighted by atomic mass is 16.5. The summed E-state index contributed by atoms with van der Waals surface area (Å²) in [6.45, 7) is 2.91. The van der Waals surface area contributed by atoms with Crippen molar-refractivity contribution in [2.24, 2.45) is 0 Å². The molecule has 0 heterocycles. The summed E-state index contributed by atoms with van der Waals surface area (Å²) in [5.74, 6) is 0. The zero-order chi connectivity index (χ0) is 11.5. The van der Waals surface area contributed by atoms with E-state index in [0.717, 1.165) is 6.42 Å². The van der Waals surface area contributed by atoms with Gasteiger partial charge in [-0.15, -0.1) is 0 Å². The van der Waals surface area contributed by atoms with Crippen molar-refractivity contribution in [3.63, 3.8) is 0 Å². The van der Waals surface area contributed by atoms with Gasteiger partial charge in [-0.1, -0.05) is 56.5 Å². The Morgan fingerprint density at radius 2 is 1.88 bits per heavy atom. The highest BCUT2D eigenvalue weighted by Crippen LogP contribution is 2.04. The Hall–Kier alpha value is -1.24. The largest absolute Gasteiger partial charge is 0.497 e. The molecule has 0 aromatic heterocycles. The summed E-state index contributed by atoms with van der Waals surface area (Å²) in [5, 5.41) is 0. The zero-order valence-corrected chi connectivity index (χ0v) is 10.2. The van der Waals surface area contributed by atoms with Crippen LogP contribution < -0.4 is 0 Å². The lowest BCUT2D eigenvalue weighted by Crippen LogP contribution is -1.84. The minimum absolute atomic E-state index is 0.673. The van der Waals surface area contributed by atoms with Crippen molar-refractivity contribution in [1.29, 1.82) is 0 Å². The summed E-state index contributed by atoms with van der Waals surface area (Å²) < 4.78 is 5.45. The van der Waals surface area contributed by atoms with Gasteiger partial charge in [-0.25, -0.2) is 0 Å². The van der Waals surface area contributed by atoms with Crippen LogP contribution in [0.1, 0.15) is 44.6 Å². The van der Waals surface area contributed by atoms with Crippen LogP contribution in [0, 0.1) is 0 Å². The molecular weight excluding hydrogens is 196 g/mol. The number of benzene rings is 1. The van der Waals surface area contributed by atoms with Gasteiger partial charge in [0.15, 0.2) is 0 Å². The molecule has 0 saturated heterocycles. The number of allylic oxidation sites excluding steroid dienone is 1. The average Bonchev–Trinajstić information content (AvgIpc) is 2.34. The van der Waals surface area contributed by atoms with Crippen molar-refractivity contribution in [3.05, 3.63) is 48.2 Å². The molecule has 0 fully saturated rings. The van der Waals surface area contributed by atoms with E-state index in [9.17, 15) is 0 Å². The molecule has 16 heavy (non-hydrogen) atoms. The highest BCUT2D eigenvalue weighted by Gasteiger charge is 1.88. The second-order valence-corrected chi connectivity index (χ2v) is 4.02. The van der Waals surface area contributed by atoms with Crippen LogP contribution in [0.4, 0.5) is 0 Å². The van der Waals surface area contributed by atoms with E-state index >= 15 is 0 Å². The summed E-state index contributed by atoms with van der Waals surface area (Å²) in [6.07, 6.45) is 10.3. The molecule has 0 spiro atoms. The van der Waals surface area contributed by atoms with E-state index in [2.05, 4.69) is 25.1 Å². The van der Waals surface area contributed by atoms with Gasteiger partial charge in [0.2, 0.25) is 0 Å². The molecule has 0 saturated carbocycles. The lowest BCUT2D eigenvalue weighted by atomic mass is 10.1. The summed E-state index contributed by atoms with van der Waals surface area (Å²) in [6, 6.07) is 10.2. The van der Waals surface area contributed by atoms with Crippen LogP contribution in [0.3, 0.4) is 0 Å². The monoisotopic (exact) mass is 218 g/mol. The molecule has 0 bridgehead atoms. The first kappa shape index (κ1) is 12.8. The maximum atomic E-state index is 5.45. The Morgan fingerprint density at radius 3 is 2.62 bits per heavy atom. The van der Waals surface area contributed by atoms with Gasteiger partial charge >= 0.3 is 0 Å². The Morgan fingerprint density at radius 1 is 1.06 bits per heavy atom. The molecule has 1 nitrogen and oxygen atoms in total. The number of hydrogen-bond acceptors (Lipinski definition) is 1. The predicted molar refractivity (Wildman–Crippen MR) is 69.1 cm³/mol. The molecule has 1 aromatic carbocycles. The van der Waals surface area contributed by atoms with Crippen molar-refractivity contribution in [3.8, 4) is 0 Å². The SMILES string of the molecule is CCCCCCC=COCc1ccccc1. The number of rotatable bonds is 8. The molecule has 0 atom stereocenters. The van der Waals surface area contributed by atoms with Crippen LogP contribution in [-0.4, -0.2) is 0 Å². The van der Waals surface area contributed by atoms with Gasteiger partial charge in [0, 0.05) is 0 Å². The first-order valence-electron chi connectivity index (χ1n) is 6.24.